The Kier molecular flexibility index (Phi) is 8.20. The fourth-order valence-electron chi connectivity index (χ4n) is 3.59. The van der Waals surface area contributed by atoms with Crippen molar-refractivity contribution in [3.8, 4) is 0 Å². The van der Waals surface area contributed by atoms with Crippen molar-refractivity contribution in [3.05, 3.63) is 42.4 Å². The molecule has 0 spiro atoms. The van der Waals surface area contributed by atoms with Crippen LogP contribution in [0, 0.1) is 0 Å². The number of rotatable bonds is 7. The lowest BCUT2D eigenvalue weighted by atomic mass is 10.2. The summed E-state index contributed by atoms with van der Waals surface area (Å²) in [5.41, 5.74) is 2.88. The molecule has 0 saturated carbocycles. The number of nitrogens with zero attached hydrogens (tertiary/aromatic N) is 6. The van der Waals surface area contributed by atoms with E-state index in [9.17, 15) is 4.79 Å². The van der Waals surface area contributed by atoms with E-state index < -0.39 is 0 Å². The number of anilines is 2. The summed E-state index contributed by atoms with van der Waals surface area (Å²) in [7, 11) is 3.60. The maximum absolute atomic E-state index is 11.9. The lowest BCUT2D eigenvalue weighted by Gasteiger charge is -2.16. The maximum Gasteiger partial charge on any atom is 0.227 e. The number of aryl methyl sites for hydroxylation is 1. The third-order valence-corrected chi connectivity index (χ3v) is 5.24. The summed E-state index contributed by atoms with van der Waals surface area (Å²) >= 11 is 0. The molecule has 10 nitrogen and oxygen atoms in total. The van der Waals surface area contributed by atoms with Gasteiger partial charge in [-0.05, 0) is 24.1 Å². The number of aliphatic imine (C=N–C) groups is 1. The molecule has 4 rings (SSSR count). The molecule has 0 unspecified atom stereocenters. The predicted octanol–water partition coefficient (Wildman–Crippen LogP) is 1.89. The summed E-state index contributed by atoms with van der Waals surface area (Å²) in [5.74, 6) is 1.68. The van der Waals surface area contributed by atoms with Gasteiger partial charge in [-0.1, -0.05) is 12.1 Å². The number of carbonyl (C=O) groups excluding carboxylic acids is 1. The molecular formula is C21H28IN9O. The SMILES string of the molecule is CN=C(NCCNc1ncnc2c1cnn2C)NCc1ccc(N2CCCC2=O)cc1.I. The van der Waals surface area contributed by atoms with Gasteiger partial charge in [0.05, 0.1) is 11.6 Å². The van der Waals surface area contributed by atoms with Crippen LogP contribution >= 0.6 is 24.0 Å². The molecular weight excluding hydrogens is 521 g/mol. The van der Waals surface area contributed by atoms with Crippen molar-refractivity contribution < 1.29 is 4.79 Å². The van der Waals surface area contributed by atoms with Gasteiger partial charge in [-0.3, -0.25) is 14.5 Å². The van der Waals surface area contributed by atoms with Crippen molar-refractivity contribution in [1.82, 2.24) is 30.4 Å². The summed E-state index contributed by atoms with van der Waals surface area (Å²) in [4.78, 5) is 26.5. The Hall–Kier alpha value is -2.96. The molecule has 0 aliphatic carbocycles. The van der Waals surface area contributed by atoms with E-state index in [1.54, 1.807) is 17.9 Å². The van der Waals surface area contributed by atoms with Crippen LogP contribution in [0.2, 0.25) is 0 Å². The minimum atomic E-state index is 0. The number of hydrogen-bond donors (Lipinski definition) is 3. The Labute approximate surface area is 203 Å². The van der Waals surface area contributed by atoms with E-state index in [-0.39, 0.29) is 29.9 Å². The second-order valence-electron chi connectivity index (χ2n) is 7.32. The Morgan fingerprint density at radius 3 is 2.69 bits per heavy atom. The minimum Gasteiger partial charge on any atom is -0.368 e. The van der Waals surface area contributed by atoms with Crippen LogP contribution in [0.1, 0.15) is 18.4 Å². The van der Waals surface area contributed by atoms with Crippen molar-refractivity contribution in [2.45, 2.75) is 19.4 Å². The van der Waals surface area contributed by atoms with Gasteiger partial charge in [-0.25, -0.2) is 9.97 Å². The van der Waals surface area contributed by atoms with Crippen LogP contribution in [-0.2, 0) is 18.4 Å². The first-order valence-corrected chi connectivity index (χ1v) is 10.4. The quantitative estimate of drug-likeness (QED) is 0.179. The summed E-state index contributed by atoms with van der Waals surface area (Å²) in [5, 5.41) is 15.0. The number of benzene rings is 1. The highest BCUT2D eigenvalue weighted by Gasteiger charge is 2.21. The summed E-state index contributed by atoms with van der Waals surface area (Å²) in [6, 6.07) is 8.08. The van der Waals surface area contributed by atoms with Gasteiger partial charge < -0.3 is 20.9 Å². The highest BCUT2D eigenvalue weighted by Crippen LogP contribution is 2.21. The first kappa shape index (κ1) is 23.7. The first-order valence-electron chi connectivity index (χ1n) is 10.4. The molecule has 1 amide bonds. The van der Waals surface area contributed by atoms with Crippen molar-refractivity contribution >= 4 is 58.4 Å². The zero-order valence-electron chi connectivity index (χ0n) is 18.2. The van der Waals surface area contributed by atoms with Crippen molar-refractivity contribution in [2.75, 3.05) is 36.9 Å². The topological polar surface area (TPSA) is 112 Å². The zero-order chi connectivity index (χ0) is 21.6. The van der Waals surface area contributed by atoms with Crippen LogP contribution in [-0.4, -0.2) is 58.3 Å². The van der Waals surface area contributed by atoms with Gasteiger partial charge >= 0.3 is 0 Å². The second kappa shape index (κ2) is 11.1. The van der Waals surface area contributed by atoms with E-state index in [2.05, 4.69) is 36.0 Å². The molecule has 1 aliphatic heterocycles. The molecule has 1 aromatic carbocycles. The Balaban J connectivity index is 0.00000289. The number of amides is 1. The lowest BCUT2D eigenvalue weighted by molar-refractivity contribution is -0.117. The van der Waals surface area contributed by atoms with Gasteiger partial charge in [0.1, 0.15) is 12.1 Å². The molecule has 0 bridgehead atoms. The summed E-state index contributed by atoms with van der Waals surface area (Å²) < 4.78 is 1.72. The van der Waals surface area contributed by atoms with Gasteiger partial charge in [0, 0.05) is 52.4 Å². The number of carbonyl (C=O) groups is 1. The second-order valence-corrected chi connectivity index (χ2v) is 7.32. The number of guanidine groups is 1. The Bertz CT molecular complexity index is 1080. The van der Waals surface area contributed by atoms with Gasteiger partial charge in [-0.15, -0.1) is 24.0 Å². The van der Waals surface area contributed by atoms with Gasteiger partial charge in [-0.2, -0.15) is 5.10 Å². The third kappa shape index (κ3) is 5.44. The standard InChI is InChI=1S/C21H27N9O.HI/c1-22-21(24-10-9-23-19-17-13-28-29(2)20(17)27-14-26-19)25-12-15-5-7-16(8-6-15)30-11-3-4-18(30)31;/h5-8,13-14H,3-4,9-12H2,1-2H3,(H2,22,24,25)(H,23,26,27);1H. The molecule has 2 aromatic heterocycles. The van der Waals surface area contributed by atoms with Crippen LogP contribution in [0.3, 0.4) is 0 Å². The Morgan fingerprint density at radius 1 is 1.16 bits per heavy atom. The monoisotopic (exact) mass is 549 g/mol. The lowest BCUT2D eigenvalue weighted by Crippen LogP contribution is -2.39. The third-order valence-electron chi connectivity index (χ3n) is 5.24. The molecule has 170 valence electrons. The zero-order valence-corrected chi connectivity index (χ0v) is 20.5. The molecule has 1 aliphatic rings. The molecule has 0 radical (unpaired) electrons. The largest absolute Gasteiger partial charge is 0.368 e. The number of aromatic nitrogens is 4. The molecule has 3 heterocycles. The summed E-state index contributed by atoms with van der Waals surface area (Å²) in [6.07, 6.45) is 4.87. The smallest absolute Gasteiger partial charge is 0.227 e. The van der Waals surface area contributed by atoms with Crippen molar-refractivity contribution in [1.29, 1.82) is 0 Å². The van der Waals surface area contributed by atoms with E-state index in [1.165, 1.54) is 6.33 Å². The van der Waals surface area contributed by atoms with Crippen molar-refractivity contribution in [3.63, 3.8) is 0 Å². The van der Waals surface area contributed by atoms with Gasteiger partial charge in [0.2, 0.25) is 5.91 Å². The van der Waals surface area contributed by atoms with Gasteiger partial charge in [0.25, 0.3) is 0 Å². The van der Waals surface area contributed by atoms with E-state index in [0.29, 0.717) is 26.1 Å². The fraction of sp³-hybridized carbons (Fsp3) is 0.381. The molecule has 32 heavy (non-hydrogen) atoms. The van der Waals surface area contributed by atoms with Crippen LogP contribution in [0.25, 0.3) is 11.0 Å². The average molecular weight is 549 g/mol. The maximum atomic E-state index is 11.9. The Morgan fingerprint density at radius 2 is 1.97 bits per heavy atom. The van der Waals surface area contributed by atoms with E-state index in [0.717, 1.165) is 47.0 Å². The fourth-order valence-corrected chi connectivity index (χ4v) is 3.59. The average Bonchev–Trinajstić information content (AvgIpc) is 3.40. The highest BCUT2D eigenvalue weighted by atomic mass is 127. The predicted molar refractivity (Wildman–Crippen MR) is 136 cm³/mol. The number of nitrogens with one attached hydrogen (secondary N) is 3. The molecule has 3 aromatic rings. The van der Waals surface area contributed by atoms with E-state index in [4.69, 9.17) is 0 Å². The highest BCUT2D eigenvalue weighted by molar-refractivity contribution is 14.0. The normalized spacial score (nSPS) is 13.9. The summed E-state index contributed by atoms with van der Waals surface area (Å²) in [6.45, 7) is 2.79. The van der Waals surface area contributed by atoms with Crippen LogP contribution < -0.4 is 20.9 Å². The molecule has 0 atom stereocenters. The van der Waals surface area contributed by atoms with Crippen molar-refractivity contribution in [2.24, 2.45) is 12.0 Å². The number of hydrogen-bond acceptors (Lipinski definition) is 6. The van der Waals surface area contributed by atoms with Crippen LogP contribution in [0.5, 0.6) is 0 Å². The molecule has 3 N–H and O–H groups in total. The molecule has 11 heteroatoms. The molecule has 1 saturated heterocycles. The minimum absolute atomic E-state index is 0. The number of halogens is 1. The van der Waals surface area contributed by atoms with Crippen LogP contribution in [0.15, 0.2) is 41.8 Å². The van der Waals surface area contributed by atoms with E-state index >= 15 is 0 Å². The molecule has 1 fully saturated rings. The number of fused-ring (bicyclic) bond motifs is 1. The first-order chi connectivity index (χ1) is 15.2. The van der Waals surface area contributed by atoms with E-state index in [1.807, 2.05) is 36.2 Å². The van der Waals surface area contributed by atoms with Crippen LogP contribution in [0.4, 0.5) is 11.5 Å². The van der Waals surface area contributed by atoms with Gasteiger partial charge in [0.15, 0.2) is 11.6 Å².